The molecule has 0 amide bonds. The fourth-order valence-corrected chi connectivity index (χ4v) is 2.69. The van der Waals surface area contributed by atoms with Crippen LogP contribution in [0.5, 0.6) is 0 Å². The molecule has 0 bridgehead atoms. The summed E-state index contributed by atoms with van der Waals surface area (Å²) in [7, 11) is -3.10. The Kier molecular flexibility index (Phi) is 5.06. The maximum absolute atomic E-state index is 12.4. The summed E-state index contributed by atoms with van der Waals surface area (Å²) in [5.74, 6) is -0.124. The number of nitrogens with zero attached hydrogens (tertiary/aromatic N) is 1. The Hall–Kier alpha value is -1.92. The highest BCUT2D eigenvalue weighted by Gasteiger charge is 2.37. The number of alkyl halides is 3. The molecule has 0 aromatic heterocycles. The van der Waals surface area contributed by atoms with Gasteiger partial charge in [0, 0.05) is 16.5 Å². The van der Waals surface area contributed by atoms with Crippen LogP contribution in [0, 0.1) is 17.2 Å². The highest BCUT2D eigenvalue weighted by molar-refractivity contribution is 7.86. The Labute approximate surface area is 138 Å². The molecule has 1 aromatic carbocycles. The van der Waals surface area contributed by atoms with Crippen LogP contribution in [0.2, 0.25) is 0 Å². The van der Waals surface area contributed by atoms with Gasteiger partial charge in [-0.3, -0.25) is 0 Å². The van der Waals surface area contributed by atoms with Crippen LogP contribution in [-0.4, -0.2) is 19.8 Å². The summed E-state index contributed by atoms with van der Waals surface area (Å²) in [6, 6.07) is 6.49. The van der Waals surface area contributed by atoms with Crippen molar-refractivity contribution in [2.24, 2.45) is 5.92 Å². The number of aliphatic hydroxyl groups is 1. The average molecular weight is 360 g/mol. The highest BCUT2D eigenvalue weighted by atomic mass is 32.2. The van der Waals surface area contributed by atoms with Crippen LogP contribution in [0.4, 0.5) is 18.9 Å². The summed E-state index contributed by atoms with van der Waals surface area (Å²) in [5, 5.41) is 21.6. The van der Waals surface area contributed by atoms with E-state index in [1.54, 1.807) is 0 Å². The number of hydrogen-bond acceptors (Lipinski definition) is 4. The van der Waals surface area contributed by atoms with Gasteiger partial charge in [0.1, 0.15) is 22.4 Å². The summed E-state index contributed by atoms with van der Waals surface area (Å²) < 4.78 is 48.3. The molecule has 1 aliphatic carbocycles. The molecular weight excluding hydrogens is 349 g/mol. The first-order chi connectivity index (χ1) is 10.7. The first-order valence-electron chi connectivity index (χ1n) is 6.47. The van der Waals surface area contributed by atoms with Gasteiger partial charge in [0.15, 0.2) is 10.8 Å². The quantitative estimate of drug-likeness (QED) is 0.370. The highest BCUT2D eigenvalue weighted by Crippen LogP contribution is 2.36. The SMILES string of the molecule is N#C/C(C(=S)Nc1ccc(S(=O)C(F)(F)F)cc1)=C(/O)C1CC1. The van der Waals surface area contributed by atoms with Crippen molar-refractivity contribution in [3.05, 3.63) is 35.6 Å². The van der Waals surface area contributed by atoms with E-state index in [-0.39, 0.29) is 27.1 Å². The van der Waals surface area contributed by atoms with Gasteiger partial charge in [-0.2, -0.15) is 18.4 Å². The van der Waals surface area contributed by atoms with Crippen LogP contribution in [0.25, 0.3) is 0 Å². The van der Waals surface area contributed by atoms with E-state index in [0.29, 0.717) is 5.69 Å². The van der Waals surface area contributed by atoms with E-state index in [9.17, 15) is 22.5 Å². The molecule has 4 nitrogen and oxygen atoms in total. The van der Waals surface area contributed by atoms with E-state index in [0.717, 1.165) is 25.0 Å². The molecule has 1 aliphatic rings. The standard InChI is InChI=1S/C14H11F3N2O2S2/c15-14(16,17)23(21)10-5-3-9(4-6-10)19-13(22)11(7-18)12(20)8-1-2-8/h3-6,8,20H,1-2H2,(H,19,22)/b12-11-. The maximum Gasteiger partial charge on any atom is 0.475 e. The fraction of sp³-hybridized carbons (Fsp3) is 0.286. The molecule has 2 rings (SSSR count). The number of anilines is 1. The van der Waals surface area contributed by atoms with Gasteiger partial charge in [-0.15, -0.1) is 0 Å². The lowest BCUT2D eigenvalue weighted by Gasteiger charge is -2.10. The summed E-state index contributed by atoms with van der Waals surface area (Å²) in [5.41, 5.74) is -4.54. The molecule has 9 heteroatoms. The van der Waals surface area contributed by atoms with Crippen molar-refractivity contribution >= 4 is 33.7 Å². The number of nitriles is 1. The van der Waals surface area contributed by atoms with Crippen LogP contribution in [0.15, 0.2) is 40.5 Å². The average Bonchev–Trinajstić information content (AvgIpc) is 3.31. The zero-order valence-electron chi connectivity index (χ0n) is 11.6. The Bertz CT molecular complexity index is 717. The lowest BCUT2D eigenvalue weighted by molar-refractivity contribution is -0.0384. The summed E-state index contributed by atoms with van der Waals surface area (Å²) in [6.45, 7) is 0. The van der Waals surface area contributed by atoms with Gasteiger partial charge in [0.05, 0.1) is 0 Å². The first kappa shape index (κ1) is 17.4. The summed E-state index contributed by atoms with van der Waals surface area (Å²) in [6.07, 6.45) is 1.58. The van der Waals surface area contributed by atoms with Crippen molar-refractivity contribution < 1.29 is 22.5 Å². The minimum atomic E-state index is -4.82. The Balaban J connectivity index is 2.12. The van der Waals surface area contributed by atoms with Crippen molar-refractivity contribution in [2.45, 2.75) is 23.2 Å². The minimum Gasteiger partial charge on any atom is -0.511 e. The maximum atomic E-state index is 12.4. The summed E-state index contributed by atoms with van der Waals surface area (Å²) in [4.78, 5) is -0.396. The van der Waals surface area contributed by atoms with Crippen molar-refractivity contribution in [2.75, 3.05) is 5.32 Å². The number of hydrogen-bond donors (Lipinski definition) is 2. The predicted octanol–water partition coefficient (Wildman–Crippen LogP) is 3.80. The van der Waals surface area contributed by atoms with Crippen molar-refractivity contribution in [3.63, 3.8) is 0 Å². The number of benzene rings is 1. The second kappa shape index (κ2) is 6.68. The predicted molar refractivity (Wildman–Crippen MR) is 83.1 cm³/mol. The molecule has 122 valence electrons. The number of aliphatic hydroxyl groups excluding tert-OH is 1. The normalized spacial score (nSPS) is 17.0. The number of nitrogens with one attached hydrogen (secondary N) is 1. The van der Waals surface area contributed by atoms with Crippen LogP contribution in [-0.2, 0) is 10.8 Å². The second-order valence-corrected chi connectivity index (χ2v) is 6.72. The fourth-order valence-electron chi connectivity index (χ4n) is 1.77. The van der Waals surface area contributed by atoms with Gasteiger partial charge in [-0.25, -0.2) is 4.21 Å². The van der Waals surface area contributed by atoms with Crippen LogP contribution >= 0.6 is 12.2 Å². The molecule has 0 heterocycles. The van der Waals surface area contributed by atoms with E-state index in [4.69, 9.17) is 17.5 Å². The lowest BCUT2D eigenvalue weighted by Crippen LogP contribution is -2.16. The van der Waals surface area contributed by atoms with Gasteiger partial charge in [-0.05, 0) is 37.1 Å². The van der Waals surface area contributed by atoms with Gasteiger partial charge in [0.25, 0.3) is 0 Å². The van der Waals surface area contributed by atoms with Crippen LogP contribution in [0.3, 0.4) is 0 Å². The third-order valence-corrected chi connectivity index (χ3v) is 4.52. The second-order valence-electron chi connectivity index (χ2n) is 4.84. The number of thiocarbonyl (C=S) groups is 1. The minimum absolute atomic E-state index is 0.0124. The van der Waals surface area contributed by atoms with Crippen molar-refractivity contribution in [1.29, 1.82) is 5.26 Å². The summed E-state index contributed by atoms with van der Waals surface area (Å²) >= 11 is 5.03. The molecule has 1 unspecified atom stereocenters. The zero-order chi connectivity index (χ0) is 17.2. The van der Waals surface area contributed by atoms with Crippen molar-refractivity contribution in [3.8, 4) is 6.07 Å². The smallest absolute Gasteiger partial charge is 0.475 e. The molecule has 0 aliphatic heterocycles. The molecule has 0 radical (unpaired) electrons. The molecule has 1 aromatic rings. The van der Waals surface area contributed by atoms with Gasteiger partial charge < -0.3 is 10.4 Å². The topological polar surface area (TPSA) is 73.1 Å². The van der Waals surface area contributed by atoms with E-state index in [1.165, 1.54) is 12.1 Å². The molecule has 2 N–H and O–H groups in total. The van der Waals surface area contributed by atoms with Gasteiger partial charge >= 0.3 is 5.51 Å². The van der Waals surface area contributed by atoms with E-state index in [1.807, 2.05) is 6.07 Å². The largest absolute Gasteiger partial charge is 0.511 e. The van der Waals surface area contributed by atoms with E-state index in [2.05, 4.69) is 5.32 Å². The third-order valence-electron chi connectivity index (χ3n) is 3.10. The molecule has 23 heavy (non-hydrogen) atoms. The zero-order valence-corrected chi connectivity index (χ0v) is 13.2. The number of allylic oxidation sites excluding steroid dienone is 1. The molecule has 0 saturated heterocycles. The van der Waals surface area contributed by atoms with Crippen LogP contribution < -0.4 is 5.32 Å². The van der Waals surface area contributed by atoms with Gasteiger partial charge in [0.2, 0.25) is 0 Å². The number of halogens is 3. The van der Waals surface area contributed by atoms with Crippen LogP contribution in [0.1, 0.15) is 12.8 Å². The number of rotatable bonds is 4. The van der Waals surface area contributed by atoms with Crippen molar-refractivity contribution in [1.82, 2.24) is 0 Å². The first-order valence-corrected chi connectivity index (χ1v) is 8.03. The third kappa shape index (κ3) is 4.30. The molecular formula is C14H11F3N2O2S2. The van der Waals surface area contributed by atoms with Gasteiger partial charge in [-0.1, -0.05) is 12.2 Å². The Morgan fingerprint density at radius 3 is 2.35 bits per heavy atom. The molecule has 1 saturated carbocycles. The van der Waals surface area contributed by atoms with E-state index < -0.39 is 16.3 Å². The molecule has 1 atom stereocenters. The Morgan fingerprint density at radius 2 is 1.91 bits per heavy atom. The van der Waals surface area contributed by atoms with E-state index >= 15 is 0 Å². The molecule has 0 spiro atoms. The molecule has 1 fully saturated rings. The lowest BCUT2D eigenvalue weighted by atomic mass is 10.2. The Morgan fingerprint density at radius 1 is 1.35 bits per heavy atom. The monoisotopic (exact) mass is 360 g/mol.